The van der Waals surface area contributed by atoms with Gasteiger partial charge in [0.1, 0.15) is 0 Å². The summed E-state index contributed by atoms with van der Waals surface area (Å²) in [7, 11) is 0. The van der Waals surface area contributed by atoms with E-state index in [1.54, 1.807) is 0 Å². The lowest BCUT2D eigenvalue weighted by atomic mass is 9.89. The molecule has 0 spiro atoms. The van der Waals surface area contributed by atoms with E-state index in [0.717, 1.165) is 55.9 Å². The molecule has 0 saturated heterocycles. The predicted octanol–water partition coefficient (Wildman–Crippen LogP) is 20.8. The second kappa shape index (κ2) is 20.6. The molecule has 2 aliphatic rings. The molecule has 2 aromatic heterocycles. The third-order valence-corrected chi connectivity index (χ3v) is 17.2. The van der Waals surface area contributed by atoms with Crippen molar-refractivity contribution in [3.63, 3.8) is 0 Å². The van der Waals surface area contributed by atoms with Crippen molar-refractivity contribution in [1.82, 2.24) is 14.5 Å². The van der Waals surface area contributed by atoms with Gasteiger partial charge in [0.2, 0.25) is 0 Å². The van der Waals surface area contributed by atoms with Gasteiger partial charge in [-0.2, -0.15) is 0 Å². The zero-order chi connectivity index (χ0) is 55.5. The van der Waals surface area contributed by atoms with Crippen LogP contribution in [0.15, 0.2) is 315 Å². The van der Waals surface area contributed by atoms with Crippen molar-refractivity contribution in [3.8, 4) is 95.0 Å². The van der Waals surface area contributed by atoms with Crippen molar-refractivity contribution in [3.05, 3.63) is 321 Å². The smallest absolute Gasteiger partial charge is 0.0973 e. The number of rotatable bonds is 10. The highest BCUT2D eigenvalue weighted by molar-refractivity contribution is 6.10. The summed E-state index contributed by atoms with van der Waals surface area (Å²) < 4.78 is 2.39. The van der Waals surface area contributed by atoms with Gasteiger partial charge in [-0.1, -0.05) is 249 Å². The first kappa shape index (κ1) is 48.9. The summed E-state index contributed by atoms with van der Waals surface area (Å²) in [4.78, 5) is 13.1. The van der Waals surface area contributed by atoms with E-state index < -0.39 is 0 Å². The van der Waals surface area contributed by atoms with Crippen molar-refractivity contribution >= 4 is 44.2 Å². The van der Waals surface area contributed by atoms with E-state index in [2.05, 4.69) is 313 Å². The van der Waals surface area contributed by atoms with Crippen LogP contribution in [0.3, 0.4) is 0 Å². The van der Waals surface area contributed by atoms with Gasteiger partial charge in [-0.25, -0.2) is 9.97 Å². The maximum atomic E-state index is 5.32. The summed E-state index contributed by atoms with van der Waals surface area (Å²) in [6.45, 7) is 0. The van der Waals surface area contributed by atoms with Gasteiger partial charge < -0.3 is 9.47 Å². The molecule has 0 bridgehead atoms. The normalized spacial score (nSPS) is 14.3. The average molecular weight is 1070 g/mol. The molecule has 0 saturated carbocycles. The lowest BCUT2D eigenvalue weighted by Crippen LogP contribution is -2.28. The largest absolute Gasteiger partial charge is 0.333 e. The molecule has 16 rings (SSSR count). The lowest BCUT2D eigenvalue weighted by Gasteiger charge is -2.29. The van der Waals surface area contributed by atoms with Crippen molar-refractivity contribution in [2.45, 2.75) is 12.0 Å². The van der Waals surface area contributed by atoms with Gasteiger partial charge in [-0.15, -0.1) is 0 Å². The minimum absolute atomic E-state index is 0.187. The van der Waals surface area contributed by atoms with Gasteiger partial charge in [0, 0.05) is 44.9 Å². The van der Waals surface area contributed by atoms with Crippen molar-refractivity contribution in [1.29, 1.82) is 0 Å². The Morgan fingerprint density at radius 3 is 1.27 bits per heavy atom. The van der Waals surface area contributed by atoms with Crippen LogP contribution in [0.5, 0.6) is 0 Å². The van der Waals surface area contributed by atoms with Crippen molar-refractivity contribution in [2.24, 2.45) is 0 Å². The van der Waals surface area contributed by atoms with Crippen molar-refractivity contribution in [2.75, 3.05) is 4.90 Å². The predicted molar refractivity (Wildman–Crippen MR) is 351 cm³/mol. The van der Waals surface area contributed by atoms with Crippen LogP contribution >= 0.6 is 0 Å². The van der Waals surface area contributed by atoms with E-state index in [9.17, 15) is 0 Å². The number of benzene rings is 12. The van der Waals surface area contributed by atoms with Crippen LogP contribution in [0.4, 0.5) is 11.4 Å². The molecule has 0 fully saturated rings. The fourth-order valence-electron chi connectivity index (χ4n) is 13.1. The van der Waals surface area contributed by atoms with E-state index in [0.29, 0.717) is 0 Å². The Kier molecular flexibility index (Phi) is 12.0. The molecule has 14 aromatic rings. The summed E-state index contributed by atoms with van der Waals surface area (Å²) >= 11 is 0. The van der Waals surface area contributed by atoms with Crippen LogP contribution in [-0.2, 0) is 0 Å². The summed E-state index contributed by atoms with van der Waals surface area (Å²) in [5, 5.41) is 2.44. The van der Waals surface area contributed by atoms with E-state index in [-0.39, 0.29) is 12.0 Å². The first-order valence-electron chi connectivity index (χ1n) is 29.0. The zero-order valence-corrected chi connectivity index (χ0v) is 46.0. The molecule has 4 nitrogen and oxygen atoms in total. The Morgan fingerprint density at radius 2 is 0.702 bits per heavy atom. The third-order valence-electron chi connectivity index (χ3n) is 17.2. The standard InChI is InChI=1S/C80H54N4/c1-3-17-55(18-4-1)65-21-7-9-23-67(65)57-39-45-63(46-40-57)83-75-29-15-11-25-69(75)71-51-61(43-49-77(71)83)53-31-35-59(36-32-53)79-80(82-74-28-14-13-27-73(74)81-79)60-37-33-54(34-38-60)62-44-50-78-72(52-62)70-26-12-16-30-76(70)84(78)64-47-41-58(42-48-64)68-24-10-8-22-66(68)56-19-5-2-6-20-56/h1-52,69,75H. The van der Waals surface area contributed by atoms with Crippen LogP contribution in [0.2, 0.25) is 0 Å². The van der Waals surface area contributed by atoms with E-state index in [1.807, 2.05) is 12.1 Å². The van der Waals surface area contributed by atoms with Crippen molar-refractivity contribution < 1.29 is 0 Å². The first-order valence-corrected chi connectivity index (χ1v) is 29.0. The molecule has 0 amide bonds. The monoisotopic (exact) mass is 1070 g/mol. The Morgan fingerprint density at radius 1 is 0.286 bits per heavy atom. The first-order chi connectivity index (χ1) is 41.6. The number of para-hydroxylation sites is 3. The number of fused-ring (bicyclic) bond motifs is 7. The zero-order valence-electron chi connectivity index (χ0n) is 46.0. The number of hydrogen-bond donors (Lipinski definition) is 0. The van der Waals surface area contributed by atoms with Crippen LogP contribution in [0.25, 0.3) is 128 Å². The molecule has 2 atom stereocenters. The summed E-state index contributed by atoms with van der Waals surface area (Å²) in [5.41, 5.74) is 27.1. The number of anilines is 2. The molecule has 84 heavy (non-hydrogen) atoms. The van der Waals surface area contributed by atoms with Gasteiger partial charge in [-0.3, -0.25) is 0 Å². The fraction of sp³-hybridized carbons (Fsp3) is 0.0250. The second-order valence-electron chi connectivity index (χ2n) is 22.0. The Hall–Kier alpha value is -10.9. The molecule has 12 aromatic carbocycles. The minimum Gasteiger partial charge on any atom is -0.333 e. The molecular weight excluding hydrogens is 1020 g/mol. The topological polar surface area (TPSA) is 34.0 Å². The number of hydrogen-bond acceptors (Lipinski definition) is 3. The van der Waals surface area contributed by atoms with Gasteiger partial charge in [-0.05, 0) is 139 Å². The molecule has 1 aliphatic carbocycles. The highest BCUT2D eigenvalue weighted by Crippen LogP contribution is 2.50. The lowest BCUT2D eigenvalue weighted by molar-refractivity contribution is 0.745. The van der Waals surface area contributed by atoms with Gasteiger partial charge in [0.15, 0.2) is 0 Å². The highest BCUT2D eigenvalue weighted by Gasteiger charge is 2.37. The Bertz CT molecular complexity index is 4860. The summed E-state index contributed by atoms with van der Waals surface area (Å²) in [6, 6.07) is 106. The minimum atomic E-state index is 0.187. The van der Waals surface area contributed by atoms with Gasteiger partial charge >= 0.3 is 0 Å². The summed E-state index contributed by atoms with van der Waals surface area (Å²) in [5.74, 6) is 0.235. The van der Waals surface area contributed by atoms with Gasteiger partial charge in [0.05, 0.1) is 39.5 Å². The second-order valence-corrected chi connectivity index (χ2v) is 22.0. The van der Waals surface area contributed by atoms with E-state index in [1.165, 1.54) is 88.8 Å². The fourth-order valence-corrected chi connectivity index (χ4v) is 13.1. The van der Waals surface area contributed by atoms with Crippen LogP contribution in [0, 0.1) is 0 Å². The van der Waals surface area contributed by atoms with Crippen LogP contribution < -0.4 is 4.90 Å². The Labute approximate surface area is 488 Å². The molecule has 2 unspecified atom stereocenters. The third kappa shape index (κ3) is 8.54. The number of allylic oxidation sites excluding steroid dienone is 2. The maximum Gasteiger partial charge on any atom is 0.0973 e. The SMILES string of the molecule is C1=CC2c3cc(-c4ccc(-c5nc6ccccc6nc5-c5ccc(-c6ccc7c(c6)c6ccccc6n7-c6ccc(-c7ccccc7-c7ccccc7)cc6)cc5)cc4)ccc3N(c3ccc(-c4ccccc4-c4ccccc4)cc3)C2C=C1. The quantitative estimate of drug-likeness (QED) is 0.137. The molecule has 4 heteroatoms. The summed E-state index contributed by atoms with van der Waals surface area (Å²) in [6.07, 6.45) is 9.10. The van der Waals surface area contributed by atoms with Crippen LogP contribution in [0.1, 0.15) is 11.5 Å². The molecule has 0 radical (unpaired) electrons. The average Bonchev–Trinajstić information content (AvgIpc) is 4.00. The van der Waals surface area contributed by atoms with Gasteiger partial charge in [0.25, 0.3) is 0 Å². The van der Waals surface area contributed by atoms with E-state index >= 15 is 0 Å². The molecule has 0 N–H and O–H groups in total. The highest BCUT2D eigenvalue weighted by atomic mass is 15.2. The molecule has 3 heterocycles. The molecule has 394 valence electrons. The van der Waals surface area contributed by atoms with Crippen LogP contribution in [-0.4, -0.2) is 20.6 Å². The van der Waals surface area contributed by atoms with E-state index in [4.69, 9.17) is 9.97 Å². The number of aromatic nitrogens is 3. The number of nitrogens with zero attached hydrogens (tertiary/aromatic N) is 4. The molecular formula is C80H54N4. The maximum absolute atomic E-state index is 5.32. The molecule has 1 aliphatic heterocycles. The Balaban J connectivity index is 0.688.